The van der Waals surface area contributed by atoms with E-state index in [-0.39, 0.29) is 6.42 Å². The molecule has 0 aliphatic carbocycles. The summed E-state index contributed by atoms with van der Waals surface area (Å²) in [5.74, 6) is -4.19. The second-order valence-electron chi connectivity index (χ2n) is 9.33. The lowest BCUT2D eigenvalue weighted by Gasteiger charge is -2.29. The first-order valence-electron chi connectivity index (χ1n) is 12.2. The van der Waals surface area contributed by atoms with Crippen LogP contribution < -0.4 is 21.7 Å². The van der Waals surface area contributed by atoms with Crippen LogP contribution >= 0.6 is 0 Å². The van der Waals surface area contributed by atoms with E-state index in [1.807, 2.05) is 24.3 Å². The van der Waals surface area contributed by atoms with Gasteiger partial charge in [-0.1, -0.05) is 38.5 Å². The molecule has 0 radical (unpaired) electrons. The Morgan fingerprint density at radius 1 is 0.892 bits per heavy atom. The summed E-state index contributed by atoms with van der Waals surface area (Å²) in [4.78, 5) is 53.2. The van der Waals surface area contributed by atoms with Crippen LogP contribution in [0.2, 0.25) is 0 Å². The fraction of sp³-hybridized carbons (Fsp3) is 0.520. The van der Waals surface area contributed by atoms with Crippen LogP contribution in [0.5, 0.6) is 0 Å². The van der Waals surface area contributed by atoms with E-state index < -0.39 is 66.0 Å². The summed E-state index contributed by atoms with van der Waals surface area (Å²) in [7, 11) is 0. The highest BCUT2D eigenvalue weighted by Crippen LogP contribution is 2.19. The first-order valence-corrected chi connectivity index (χ1v) is 12.2. The molecule has 204 valence electrons. The first kappa shape index (κ1) is 29.7. The van der Waals surface area contributed by atoms with Crippen LogP contribution in [0.1, 0.15) is 39.7 Å². The van der Waals surface area contributed by atoms with E-state index in [0.29, 0.717) is 6.42 Å². The number of rotatable bonds is 13. The molecule has 7 atom stereocenters. The molecule has 0 saturated heterocycles. The number of carboxylic acid groups (broad SMARTS) is 1. The van der Waals surface area contributed by atoms with Gasteiger partial charge >= 0.3 is 5.97 Å². The fourth-order valence-corrected chi connectivity index (χ4v) is 3.87. The van der Waals surface area contributed by atoms with Gasteiger partial charge in [-0.15, -0.1) is 0 Å². The van der Waals surface area contributed by atoms with Crippen LogP contribution in [-0.2, 0) is 25.6 Å². The predicted molar refractivity (Wildman–Crippen MR) is 136 cm³/mol. The van der Waals surface area contributed by atoms with Crippen LogP contribution in [0, 0.1) is 5.92 Å². The van der Waals surface area contributed by atoms with Gasteiger partial charge in [0, 0.05) is 17.1 Å². The quantitative estimate of drug-likeness (QED) is 0.171. The number of amides is 3. The summed E-state index contributed by atoms with van der Waals surface area (Å²) in [6, 6.07) is 2.31. The maximum absolute atomic E-state index is 13.0. The van der Waals surface area contributed by atoms with Gasteiger partial charge in [-0.05, 0) is 37.8 Å². The van der Waals surface area contributed by atoms with E-state index in [2.05, 4.69) is 20.9 Å². The number of H-pyrrole nitrogens is 1. The number of aromatic amines is 1. The van der Waals surface area contributed by atoms with E-state index in [4.69, 9.17) is 5.73 Å². The van der Waals surface area contributed by atoms with Crippen molar-refractivity contribution in [3.05, 3.63) is 36.0 Å². The monoisotopic (exact) mass is 519 g/mol. The SMILES string of the molecule is CCC(C)C(NC(=O)C(NC(=O)C(N)Cc1c[nH]c2ccccc12)C(C)O)C(=O)NC(C(=O)O)C(C)O. The number of hydrogen-bond acceptors (Lipinski definition) is 7. The molecule has 12 nitrogen and oxygen atoms in total. The topological polar surface area (TPSA) is 207 Å². The Kier molecular flexibility index (Phi) is 10.6. The summed E-state index contributed by atoms with van der Waals surface area (Å²) < 4.78 is 0. The molecule has 1 aromatic carbocycles. The van der Waals surface area contributed by atoms with E-state index in [9.17, 15) is 34.5 Å². The normalized spacial score (nSPS) is 17.1. The molecular formula is C25H37N5O7. The molecule has 12 heteroatoms. The van der Waals surface area contributed by atoms with Crippen molar-refractivity contribution in [3.63, 3.8) is 0 Å². The molecule has 0 saturated carbocycles. The van der Waals surface area contributed by atoms with E-state index >= 15 is 0 Å². The number of carboxylic acids is 1. The minimum atomic E-state index is -1.58. The molecule has 9 N–H and O–H groups in total. The Morgan fingerprint density at radius 3 is 2.00 bits per heavy atom. The molecule has 0 aliphatic heterocycles. The number of fused-ring (bicyclic) bond motifs is 1. The Labute approximate surface area is 215 Å². The standard InChI is InChI=1S/C25H37N5O7/c1-5-12(2)19(23(34)30-21(14(4)32)25(36)37)28-24(35)20(13(3)31)29-22(33)17(26)10-15-11-27-18-9-7-6-8-16(15)18/h6-9,11-14,17,19-21,27,31-32H,5,10,26H2,1-4H3,(H,28,35)(H,29,33)(H,30,34)(H,36,37). The number of hydrogen-bond donors (Lipinski definition) is 8. The van der Waals surface area contributed by atoms with Gasteiger partial charge in [-0.2, -0.15) is 0 Å². The van der Waals surface area contributed by atoms with Crippen molar-refractivity contribution in [3.8, 4) is 0 Å². The number of benzene rings is 1. The number of nitrogens with two attached hydrogens (primary N) is 1. The Morgan fingerprint density at radius 2 is 1.43 bits per heavy atom. The highest BCUT2D eigenvalue weighted by atomic mass is 16.4. The van der Waals surface area contributed by atoms with E-state index in [1.165, 1.54) is 13.8 Å². The number of aliphatic hydroxyl groups is 2. The van der Waals surface area contributed by atoms with Gasteiger partial charge in [0.25, 0.3) is 0 Å². The molecule has 0 bridgehead atoms. The molecule has 7 unspecified atom stereocenters. The largest absolute Gasteiger partial charge is 0.480 e. The molecule has 1 aromatic heterocycles. The third kappa shape index (κ3) is 7.75. The highest BCUT2D eigenvalue weighted by Gasteiger charge is 2.35. The van der Waals surface area contributed by atoms with Gasteiger partial charge in [-0.3, -0.25) is 14.4 Å². The second kappa shape index (κ2) is 13.2. The zero-order valence-electron chi connectivity index (χ0n) is 21.4. The second-order valence-corrected chi connectivity index (χ2v) is 9.33. The molecule has 0 fully saturated rings. The predicted octanol–water partition coefficient (Wildman–Crippen LogP) is -0.616. The smallest absolute Gasteiger partial charge is 0.328 e. The molecule has 0 aliphatic rings. The fourth-order valence-electron chi connectivity index (χ4n) is 3.87. The maximum atomic E-state index is 13.0. The van der Waals surface area contributed by atoms with Crippen molar-refractivity contribution in [2.45, 2.75) is 76.9 Å². The van der Waals surface area contributed by atoms with Gasteiger partial charge in [0.1, 0.15) is 12.1 Å². The van der Waals surface area contributed by atoms with Crippen molar-refractivity contribution >= 4 is 34.6 Å². The molecule has 3 amide bonds. The van der Waals surface area contributed by atoms with Gasteiger partial charge in [0.2, 0.25) is 17.7 Å². The number of nitrogens with one attached hydrogen (secondary N) is 4. The summed E-state index contributed by atoms with van der Waals surface area (Å²) >= 11 is 0. The van der Waals surface area contributed by atoms with Crippen LogP contribution in [0.3, 0.4) is 0 Å². The first-order chi connectivity index (χ1) is 17.4. The zero-order chi connectivity index (χ0) is 27.9. The third-order valence-corrected chi connectivity index (χ3v) is 6.35. The van der Waals surface area contributed by atoms with Crippen molar-refractivity contribution in [1.29, 1.82) is 0 Å². The van der Waals surface area contributed by atoms with E-state index in [1.54, 1.807) is 20.0 Å². The minimum absolute atomic E-state index is 0.178. The molecule has 0 spiro atoms. The lowest BCUT2D eigenvalue weighted by molar-refractivity contribution is -0.145. The minimum Gasteiger partial charge on any atom is -0.480 e. The number of aromatic nitrogens is 1. The lowest BCUT2D eigenvalue weighted by Crippen LogP contribution is -2.61. The number of aliphatic hydroxyl groups excluding tert-OH is 2. The van der Waals surface area contributed by atoms with Crippen molar-refractivity contribution in [1.82, 2.24) is 20.9 Å². The zero-order valence-corrected chi connectivity index (χ0v) is 21.4. The average molecular weight is 520 g/mol. The van der Waals surface area contributed by atoms with Crippen LogP contribution in [0.4, 0.5) is 0 Å². The summed E-state index contributed by atoms with van der Waals surface area (Å²) in [6.45, 7) is 5.98. The summed E-state index contributed by atoms with van der Waals surface area (Å²) in [6.07, 6.45) is -0.319. The average Bonchev–Trinajstić information content (AvgIpc) is 3.25. The van der Waals surface area contributed by atoms with Gasteiger partial charge in [-0.25, -0.2) is 4.79 Å². The van der Waals surface area contributed by atoms with Gasteiger partial charge in [0.15, 0.2) is 6.04 Å². The maximum Gasteiger partial charge on any atom is 0.328 e. The number of para-hydroxylation sites is 1. The highest BCUT2D eigenvalue weighted by molar-refractivity contribution is 5.95. The third-order valence-electron chi connectivity index (χ3n) is 6.35. The number of aliphatic carboxylic acids is 1. The summed E-state index contributed by atoms with van der Waals surface area (Å²) in [5, 5.41) is 37.2. The van der Waals surface area contributed by atoms with Crippen molar-refractivity contribution < 1.29 is 34.5 Å². The Hall–Kier alpha value is -3.48. The van der Waals surface area contributed by atoms with Gasteiger partial charge in [0.05, 0.1) is 18.2 Å². The number of carbonyl (C=O) groups is 4. The summed E-state index contributed by atoms with van der Waals surface area (Å²) in [5.41, 5.74) is 7.80. The lowest BCUT2D eigenvalue weighted by atomic mass is 9.96. The van der Waals surface area contributed by atoms with Crippen molar-refractivity contribution in [2.24, 2.45) is 11.7 Å². The van der Waals surface area contributed by atoms with Crippen LogP contribution in [-0.4, -0.2) is 80.4 Å². The Balaban J connectivity index is 2.12. The van der Waals surface area contributed by atoms with Crippen molar-refractivity contribution in [2.75, 3.05) is 0 Å². The molecule has 37 heavy (non-hydrogen) atoms. The van der Waals surface area contributed by atoms with Crippen LogP contribution in [0.15, 0.2) is 30.5 Å². The molecule has 2 rings (SSSR count). The number of carbonyl (C=O) groups excluding carboxylic acids is 3. The Bertz CT molecular complexity index is 1100. The van der Waals surface area contributed by atoms with E-state index in [0.717, 1.165) is 16.5 Å². The van der Waals surface area contributed by atoms with Gasteiger partial charge < -0.3 is 42.0 Å². The van der Waals surface area contributed by atoms with Crippen LogP contribution in [0.25, 0.3) is 10.9 Å². The molecule has 2 aromatic rings. The molecule has 1 heterocycles. The molecular weight excluding hydrogens is 482 g/mol.